The van der Waals surface area contributed by atoms with Crippen LogP contribution in [-0.2, 0) is 9.83 Å². The van der Waals surface area contributed by atoms with Crippen LogP contribution in [0.4, 0.5) is 0 Å². The topological polar surface area (TPSA) is 17.1 Å². The largest absolute Gasteiger partial charge is 0.248 e. The van der Waals surface area contributed by atoms with Crippen molar-refractivity contribution >= 4 is 20.6 Å². The molecule has 0 aromatic heterocycles. The van der Waals surface area contributed by atoms with Crippen molar-refractivity contribution in [2.45, 2.75) is 30.8 Å². The smallest absolute Gasteiger partial charge is 0.0835 e. The van der Waals surface area contributed by atoms with Crippen LogP contribution in [0.25, 0.3) is 0 Å². The van der Waals surface area contributed by atoms with Crippen molar-refractivity contribution in [3.8, 4) is 0 Å². The molecule has 0 spiro atoms. The van der Waals surface area contributed by atoms with Gasteiger partial charge in [-0.1, -0.05) is 17.7 Å². The Morgan fingerprint density at radius 2 is 2.25 bits per heavy atom. The molecule has 1 aliphatic rings. The van der Waals surface area contributed by atoms with Crippen LogP contribution in [0.2, 0.25) is 0 Å². The van der Waals surface area contributed by atoms with Crippen LogP contribution in [0.3, 0.4) is 0 Å². The molecule has 0 amide bonds. The van der Waals surface area contributed by atoms with E-state index in [-0.39, 0.29) is 0 Å². The molecule has 0 unspecified atom stereocenters. The van der Waals surface area contributed by atoms with Crippen molar-refractivity contribution in [3.63, 3.8) is 0 Å². The van der Waals surface area contributed by atoms with Gasteiger partial charge in [0, 0.05) is 10.5 Å². The van der Waals surface area contributed by atoms with Crippen molar-refractivity contribution in [1.82, 2.24) is 0 Å². The van der Waals surface area contributed by atoms with Gasteiger partial charge in [0.25, 0.3) is 0 Å². The molecule has 48 valence electrons. The van der Waals surface area contributed by atoms with Crippen LogP contribution in [0, 0.1) is 0 Å². The van der Waals surface area contributed by atoms with Crippen LogP contribution in [0.15, 0.2) is 0 Å². The Balaban J connectivity index is 2.51. The summed E-state index contributed by atoms with van der Waals surface area (Å²) in [5, 5.41) is 1.04. The second-order valence-corrected chi connectivity index (χ2v) is 6.10. The minimum atomic E-state index is -0.581. The average molecular weight is 150 g/mol. The van der Waals surface area contributed by atoms with Gasteiger partial charge in [-0.15, -0.1) is 0 Å². The highest BCUT2D eigenvalue weighted by Gasteiger charge is 2.25. The summed E-state index contributed by atoms with van der Waals surface area (Å²) >= 11 is 0. The monoisotopic (exact) mass is 150 g/mol. The summed E-state index contributed by atoms with van der Waals surface area (Å²) in [5.74, 6) is 0. The summed E-state index contributed by atoms with van der Waals surface area (Å²) in [5.41, 5.74) is 0. The van der Waals surface area contributed by atoms with E-state index in [9.17, 15) is 4.21 Å². The fourth-order valence-electron chi connectivity index (χ4n) is 0.842. The summed E-state index contributed by atoms with van der Waals surface area (Å²) in [6.45, 7) is 4.18. The summed E-state index contributed by atoms with van der Waals surface area (Å²) in [7, 11) is 1.02. The Bertz CT molecular complexity index is 113. The average Bonchev–Trinajstić information content (AvgIpc) is 1.85. The van der Waals surface area contributed by atoms with Crippen molar-refractivity contribution in [2.75, 3.05) is 0 Å². The molecule has 0 radical (unpaired) electrons. The number of hydrogen-bond acceptors (Lipinski definition) is 2. The molecule has 0 saturated carbocycles. The van der Waals surface area contributed by atoms with Gasteiger partial charge in [0.2, 0.25) is 0 Å². The quantitative estimate of drug-likeness (QED) is 0.487. The summed E-state index contributed by atoms with van der Waals surface area (Å²) in [4.78, 5) is 0. The number of rotatable bonds is 0. The molecule has 0 N–H and O–H groups in total. The van der Waals surface area contributed by atoms with Gasteiger partial charge >= 0.3 is 0 Å². The van der Waals surface area contributed by atoms with Gasteiger partial charge in [-0.25, -0.2) is 4.21 Å². The van der Waals surface area contributed by atoms with Crippen LogP contribution < -0.4 is 0 Å². The van der Waals surface area contributed by atoms with Gasteiger partial charge in [-0.3, -0.25) is 0 Å². The van der Waals surface area contributed by atoms with E-state index in [1.165, 1.54) is 0 Å². The van der Waals surface area contributed by atoms with Crippen molar-refractivity contribution in [3.05, 3.63) is 0 Å². The van der Waals surface area contributed by atoms with Crippen molar-refractivity contribution in [2.24, 2.45) is 0 Å². The summed E-state index contributed by atoms with van der Waals surface area (Å²) < 4.78 is 10.9. The highest BCUT2D eigenvalue weighted by Crippen LogP contribution is 2.32. The zero-order chi connectivity index (χ0) is 6.15. The lowest BCUT2D eigenvalue weighted by molar-refractivity contribution is 0.680. The fourth-order valence-corrected chi connectivity index (χ4v) is 4.30. The molecular weight excluding hydrogens is 140 g/mol. The Labute approximate surface area is 56.1 Å². The molecule has 1 heterocycles. The van der Waals surface area contributed by atoms with E-state index in [2.05, 4.69) is 6.92 Å². The second-order valence-electron chi connectivity index (χ2n) is 2.21. The van der Waals surface area contributed by atoms with E-state index in [0.717, 1.165) is 6.42 Å². The molecule has 1 fully saturated rings. The molecule has 0 aromatic carbocycles. The molecule has 1 saturated heterocycles. The zero-order valence-electron chi connectivity index (χ0n) is 5.09. The molecular formula is C5H10OS2. The third-order valence-electron chi connectivity index (χ3n) is 1.25. The summed E-state index contributed by atoms with van der Waals surface area (Å²) in [6.07, 6.45) is 1.12. The van der Waals surface area contributed by atoms with Crippen LogP contribution in [0.1, 0.15) is 20.3 Å². The Hall–Kier alpha value is 0.500. The van der Waals surface area contributed by atoms with Gasteiger partial charge in [-0.2, -0.15) is 0 Å². The maximum atomic E-state index is 10.9. The van der Waals surface area contributed by atoms with E-state index in [1.807, 2.05) is 6.92 Å². The van der Waals surface area contributed by atoms with Gasteiger partial charge in [0.15, 0.2) is 0 Å². The molecule has 3 heteroatoms. The molecule has 3 atom stereocenters. The molecule has 0 aromatic rings. The van der Waals surface area contributed by atoms with Gasteiger partial charge in [0.1, 0.15) is 0 Å². The van der Waals surface area contributed by atoms with Crippen LogP contribution in [-0.4, -0.2) is 14.7 Å². The molecule has 1 rings (SSSR count). The fraction of sp³-hybridized carbons (Fsp3) is 1.00. The Morgan fingerprint density at radius 1 is 1.62 bits per heavy atom. The van der Waals surface area contributed by atoms with Crippen LogP contribution in [0.5, 0.6) is 0 Å². The third-order valence-corrected chi connectivity index (χ3v) is 5.35. The van der Waals surface area contributed by atoms with Crippen molar-refractivity contribution in [1.29, 1.82) is 0 Å². The minimum absolute atomic E-state index is 0.426. The first-order chi connectivity index (χ1) is 3.70. The summed E-state index contributed by atoms with van der Waals surface area (Å²) in [6, 6.07) is 0. The predicted molar refractivity (Wildman–Crippen MR) is 39.3 cm³/mol. The number of hydrogen-bond donors (Lipinski definition) is 0. The maximum absolute atomic E-state index is 10.9. The standard InChI is InChI=1S/C5H10OS2/c1-4-3-5(2)8(6)7-4/h4-5H,3H2,1-2H3/t4-,5+,8+/m1/s1. The van der Waals surface area contributed by atoms with Gasteiger partial charge < -0.3 is 0 Å². The van der Waals surface area contributed by atoms with E-state index >= 15 is 0 Å². The highest BCUT2D eigenvalue weighted by molar-refractivity contribution is 8.70. The van der Waals surface area contributed by atoms with Gasteiger partial charge in [0.05, 0.1) is 9.83 Å². The lowest BCUT2D eigenvalue weighted by atomic mass is 10.3. The van der Waals surface area contributed by atoms with Crippen molar-refractivity contribution < 1.29 is 4.21 Å². The Kier molecular flexibility index (Phi) is 1.98. The zero-order valence-corrected chi connectivity index (χ0v) is 6.72. The van der Waals surface area contributed by atoms with Gasteiger partial charge in [-0.05, 0) is 13.3 Å². The van der Waals surface area contributed by atoms with E-state index in [4.69, 9.17) is 0 Å². The first kappa shape index (κ1) is 6.62. The Morgan fingerprint density at radius 3 is 2.38 bits per heavy atom. The lowest BCUT2D eigenvalue weighted by Crippen LogP contribution is -1.99. The SMILES string of the molecule is C[C@@H]1C[C@H](C)[S@@](=O)S1. The normalized spacial score (nSPS) is 47.5. The molecule has 8 heavy (non-hydrogen) atoms. The molecule has 1 nitrogen and oxygen atoms in total. The first-order valence-corrected chi connectivity index (χ1v) is 5.39. The van der Waals surface area contributed by atoms with E-state index in [0.29, 0.717) is 10.5 Å². The molecule has 0 bridgehead atoms. The third kappa shape index (κ3) is 1.26. The lowest BCUT2D eigenvalue weighted by Gasteiger charge is -1.92. The predicted octanol–water partition coefficient (Wildman–Crippen LogP) is 1.56. The first-order valence-electron chi connectivity index (χ1n) is 2.78. The maximum Gasteiger partial charge on any atom is 0.0835 e. The molecule has 0 aliphatic carbocycles. The van der Waals surface area contributed by atoms with Crippen LogP contribution >= 0.6 is 10.8 Å². The highest BCUT2D eigenvalue weighted by atomic mass is 33.1. The second kappa shape index (κ2) is 2.40. The van der Waals surface area contributed by atoms with E-state index < -0.39 is 9.83 Å². The molecule has 1 aliphatic heterocycles. The van der Waals surface area contributed by atoms with E-state index in [1.54, 1.807) is 10.8 Å². The minimum Gasteiger partial charge on any atom is -0.248 e.